The minimum atomic E-state index is -0.872. The molecule has 0 saturated carbocycles. The highest BCUT2D eigenvalue weighted by Gasteiger charge is 2.06. The number of halogens is 1. The smallest absolute Gasteiger partial charge is 0.331 e. The summed E-state index contributed by atoms with van der Waals surface area (Å²) in [6, 6.07) is 0. The number of rotatable bonds is 11. The van der Waals surface area contributed by atoms with Gasteiger partial charge in [-0.25, -0.2) is 4.79 Å². The van der Waals surface area contributed by atoms with Gasteiger partial charge in [0.15, 0.2) is 0 Å². The van der Waals surface area contributed by atoms with Gasteiger partial charge in [-0.15, -0.1) is 0 Å². The van der Waals surface area contributed by atoms with E-state index in [4.69, 9.17) is 5.11 Å². The predicted octanol–water partition coefficient (Wildman–Crippen LogP) is 4.83. The molecule has 0 aromatic carbocycles. The van der Waals surface area contributed by atoms with Crippen molar-refractivity contribution in [3.05, 3.63) is 36.0 Å². The summed E-state index contributed by atoms with van der Waals surface area (Å²) in [5, 5.41) is 9.09. The fourth-order valence-corrected chi connectivity index (χ4v) is 1.84. The van der Waals surface area contributed by atoms with Crippen molar-refractivity contribution in [1.29, 1.82) is 0 Å². The lowest BCUT2D eigenvalue weighted by Crippen LogP contribution is -2.01. The topological polar surface area (TPSA) is 37.3 Å². The van der Waals surface area contributed by atoms with Gasteiger partial charge in [0, 0.05) is 5.57 Å². The molecule has 0 bridgehead atoms. The third-order valence-corrected chi connectivity index (χ3v) is 2.84. The Morgan fingerprint density at radius 2 is 1.74 bits per heavy atom. The molecule has 19 heavy (non-hydrogen) atoms. The van der Waals surface area contributed by atoms with Crippen LogP contribution in [0.15, 0.2) is 36.0 Å². The Morgan fingerprint density at radius 1 is 1.16 bits per heavy atom. The second-order valence-corrected chi connectivity index (χ2v) is 4.61. The molecule has 0 aromatic rings. The largest absolute Gasteiger partial charge is 0.478 e. The molecule has 1 N–H and O–H groups in total. The summed E-state index contributed by atoms with van der Waals surface area (Å²) in [6.07, 6.45) is 11.3. The maximum Gasteiger partial charge on any atom is 0.331 e. The van der Waals surface area contributed by atoms with Gasteiger partial charge in [0.1, 0.15) is 0 Å². The van der Waals surface area contributed by atoms with Crippen LogP contribution in [0.25, 0.3) is 0 Å². The molecule has 0 spiro atoms. The molecule has 3 heteroatoms. The van der Waals surface area contributed by atoms with Crippen LogP contribution < -0.4 is 0 Å². The van der Waals surface area contributed by atoms with Crippen molar-refractivity contribution >= 4 is 5.97 Å². The van der Waals surface area contributed by atoms with Gasteiger partial charge in [0.25, 0.3) is 0 Å². The minimum absolute atomic E-state index is 0.237. The summed E-state index contributed by atoms with van der Waals surface area (Å²) in [4.78, 5) is 11.1. The van der Waals surface area contributed by atoms with Gasteiger partial charge in [-0.3, -0.25) is 4.39 Å². The van der Waals surface area contributed by atoms with Crippen molar-refractivity contribution in [1.82, 2.24) is 0 Å². The van der Waals surface area contributed by atoms with E-state index in [1.165, 1.54) is 0 Å². The zero-order valence-electron chi connectivity index (χ0n) is 11.8. The standard InChI is InChI=1S/C16H25FO2/c1-3-10-14(2)13-15(16(18)19)11-8-6-4-5-7-9-12-17/h3,10,13H,2,4-9,11-12H2,1H3,(H,18,19). The molecule has 0 unspecified atom stereocenters. The molecule has 108 valence electrons. The summed E-state index contributed by atoms with van der Waals surface area (Å²) in [6.45, 7) is 5.42. The van der Waals surface area contributed by atoms with Crippen molar-refractivity contribution in [3.63, 3.8) is 0 Å². The quantitative estimate of drug-likeness (QED) is 0.331. The molecule has 0 fully saturated rings. The maximum atomic E-state index is 11.9. The maximum absolute atomic E-state index is 11.9. The van der Waals surface area contributed by atoms with E-state index in [0.717, 1.165) is 32.1 Å². The number of hydrogen-bond acceptors (Lipinski definition) is 1. The average molecular weight is 268 g/mol. The van der Waals surface area contributed by atoms with Crippen molar-refractivity contribution < 1.29 is 14.3 Å². The lowest BCUT2D eigenvalue weighted by molar-refractivity contribution is -0.132. The summed E-state index contributed by atoms with van der Waals surface area (Å²) in [5.74, 6) is -0.872. The summed E-state index contributed by atoms with van der Waals surface area (Å²) >= 11 is 0. The van der Waals surface area contributed by atoms with E-state index in [-0.39, 0.29) is 6.67 Å². The molecule has 0 radical (unpaired) electrons. The van der Waals surface area contributed by atoms with Crippen LogP contribution in [0.5, 0.6) is 0 Å². The third kappa shape index (κ3) is 10.2. The second kappa shape index (κ2) is 11.7. The summed E-state index contributed by atoms with van der Waals surface area (Å²) in [7, 11) is 0. The molecule has 0 heterocycles. The molecule has 0 aliphatic heterocycles. The fourth-order valence-electron chi connectivity index (χ4n) is 1.84. The Balaban J connectivity index is 3.97. The highest BCUT2D eigenvalue weighted by atomic mass is 19.1. The van der Waals surface area contributed by atoms with Crippen molar-refractivity contribution in [2.45, 2.75) is 51.9 Å². The molecular formula is C16H25FO2. The minimum Gasteiger partial charge on any atom is -0.478 e. The molecule has 2 nitrogen and oxygen atoms in total. The molecular weight excluding hydrogens is 243 g/mol. The Kier molecular flexibility index (Phi) is 10.8. The number of carboxylic acids is 1. The Bertz CT molecular complexity index is 330. The van der Waals surface area contributed by atoms with Crippen LogP contribution in [0.2, 0.25) is 0 Å². The van der Waals surface area contributed by atoms with E-state index in [9.17, 15) is 9.18 Å². The van der Waals surface area contributed by atoms with E-state index in [2.05, 4.69) is 6.58 Å². The van der Waals surface area contributed by atoms with Crippen molar-refractivity contribution in [2.75, 3.05) is 6.67 Å². The molecule has 0 amide bonds. The number of carboxylic acid groups (broad SMARTS) is 1. The first-order chi connectivity index (χ1) is 9.11. The van der Waals surface area contributed by atoms with Crippen LogP contribution >= 0.6 is 0 Å². The Hall–Kier alpha value is -1.38. The molecule has 0 aliphatic carbocycles. The van der Waals surface area contributed by atoms with Gasteiger partial charge >= 0.3 is 5.97 Å². The number of allylic oxidation sites excluding steroid dienone is 4. The third-order valence-electron chi connectivity index (χ3n) is 2.84. The van der Waals surface area contributed by atoms with Gasteiger partial charge in [0.05, 0.1) is 6.67 Å². The average Bonchev–Trinajstić information content (AvgIpc) is 2.36. The van der Waals surface area contributed by atoms with Gasteiger partial charge in [-0.2, -0.15) is 0 Å². The van der Waals surface area contributed by atoms with Gasteiger partial charge < -0.3 is 5.11 Å². The molecule has 0 aliphatic rings. The zero-order valence-corrected chi connectivity index (χ0v) is 11.8. The van der Waals surface area contributed by atoms with Crippen LogP contribution in [-0.2, 0) is 4.79 Å². The number of carbonyl (C=O) groups is 1. The van der Waals surface area contributed by atoms with Crippen LogP contribution in [0.4, 0.5) is 4.39 Å². The molecule has 0 saturated heterocycles. The predicted molar refractivity (Wildman–Crippen MR) is 78.0 cm³/mol. The van der Waals surface area contributed by atoms with Gasteiger partial charge in [0.2, 0.25) is 0 Å². The van der Waals surface area contributed by atoms with Crippen LogP contribution in [0.3, 0.4) is 0 Å². The normalized spacial score (nSPS) is 12.0. The van der Waals surface area contributed by atoms with E-state index in [1.54, 1.807) is 12.2 Å². The highest BCUT2D eigenvalue weighted by molar-refractivity contribution is 5.87. The Morgan fingerprint density at radius 3 is 2.26 bits per heavy atom. The van der Waals surface area contributed by atoms with Crippen molar-refractivity contribution in [3.8, 4) is 0 Å². The van der Waals surface area contributed by atoms with Gasteiger partial charge in [-0.05, 0) is 37.8 Å². The van der Waals surface area contributed by atoms with Gasteiger partial charge in [-0.1, -0.05) is 44.4 Å². The first-order valence-corrected chi connectivity index (χ1v) is 6.93. The van der Waals surface area contributed by atoms with E-state index in [0.29, 0.717) is 24.0 Å². The van der Waals surface area contributed by atoms with Crippen LogP contribution in [0, 0.1) is 0 Å². The monoisotopic (exact) mass is 268 g/mol. The number of hydrogen-bond donors (Lipinski definition) is 1. The van der Waals surface area contributed by atoms with E-state index >= 15 is 0 Å². The highest BCUT2D eigenvalue weighted by Crippen LogP contribution is 2.14. The van der Waals surface area contributed by atoms with Crippen LogP contribution in [-0.4, -0.2) is 17.8 Å². The number of unbranched alkanes of at least 4 members (excludes halogenated alkanes) is 5. The first-order valence-electron chi connectivity index (χ1n) is 6.93. The second-order valence-electron chi connectivity index (χ2n) is 4.61. The number of aliphatic carboxylic acids is 1. The van der Waals surface area contributed by atoms with E-state index in [1.807, 2.05) is 13.0 Å². The van der Waals surface area contributed by atoms with Crippen molar-refractivity contribution in [2.24, 2.45) is 0 Å². The lowest BCUT2D eigenvalue weighted by Gasteiger charge is -2.03. The summed E-state index contributed by atoms with van der Waals surface area (Å²) in [5.41, 5.74) is 1.12. The Labute approximate surface area is 115 Å². The lowest BCUT2D eigenvalue weighted by atomic mass is 10.0. The zero-order chi connectivity index (χ0) is 14.5. The first kappa shape index (κ1) is 17.6. The molecule has 0 rings (SSSR count). The van der Waals surface area contributed by atoms with E-state index < -0.39 is 5.97 Å². The van der Waals surface area contributed by atoms with Crippen LogP contribution in [0.1, 0.15) is 51.9 Å². The SMILES string of the molecule is C=C(C=CC)C=C(CCCCCCCCF)C(=O)O. The molecule has 0 aromatic heterocycles. The number of alkyl halides is 1. The summed E-state index contributed by atoms with van der Waals surface area (Å²) < 4.78 is 11.9. The molecule has 0 atom stereocenters. The fraction of sp³-hybridized carbons (Fsp3) is 0.562.